The third-order valence-corrected chi connectivity index (χ3v) is 15.1. The Morgan fingerprint density at radius 2 is 1.68 bits per heavy atom. The van der Waals surface area contributed by atoms with Gasteiger partial charge in [0.1, 0.15) is 6.10 Å². The van der Waals surface area contributed by atoms with Gasteiger partial charge in [0, 0.05) is 11.3 Å². The first-order valence-corrected chi connectivity index (χ1v) is 17.0. The monoisotopic (exact) mass is 608 g/mol. The van der Waals surface area contributed by atoms with Crippen LogP contribution in [0.1, 0.15) is 110 Å². The van der Waals surface area contributed by atoms with Crippen LogP contribution in [0.2, 0.25) is 0 Å². The van der Waals surface area contributed by atoms with Crippen molar-refractivity contribution in [3.05, 3.63) is 35.9 Å². The van der Waals surface area contributed by atoms with E-state index < -0.39 is 12.1 Å². The molecule has 0 unspecified atom stereocenters. The fourth-order valence-corrected chi connectivity index (χ4v) is 12.8. The van der Waals surface area contributed by atoms with Crippen LogP contribution in [0.25, 0.3) is 0 Å². The fraction of sp³-hybridized carbons (Fsp3) is 0.763. The quantitative estimate of drug-likeness (QED) is 0.241. The molecule has 0 aromatic heterocycles. The Hall–Kier alpha value is -2.05. The van der Waals surface area contributed by atoms with Gasteiger partial charge in [-0.2, -0.15) is 0 Å². The zero-order valence-electron chi connectivity index (χ0n) is 28.3. The zero-order valence-corrected chi connectivity index (χ0v) is 28.3. The molecule has 0 aliphatic heterocycles. The van der Waals surface area contributed by atoms with E-state index in [-0.39, 0.29) is 68.5 Å². The molecule has 5 fully saturated rings. The van der Waals surface area contributed by atoms with Crippen molar-refractivity contribution < 1.29 is 29.6 Å². The van der Waals surface area contributed by atoms with Crippen LogP contribution in [0.15, 0.2) is 30.4 Å². The number of hydrogen-bond acceptors (Lipinski definition) is 6. The van der Waals surface area contributed by atoms with Crippen molar-refractivity contribution in [2.45, 2.75) is 118 Å². The van der Waals surface area contributed by atoms with E-state index in [9.17, 15) is 20.1 Å². The van der Waals surface area contributed by atoms with Crippen LogP contribution in [0.3, 0.4) is 0 Å². The number of hydrogen-bond donors (Lipinski definition) is 3. The van der Waals surface area contributed by atoms with E-state index in [0.29, 0.717) is 23.8 Å². The largest absolute Gasteiger partial charge is 0.504 e. The Labute approximate surface area is 264 Å². The van der Waals surface area contributed by atoms with Gasteiger partial charge in [0.25, 0.3) is 0 Å². The molecular formula is C38H56O6. The summed E-state index contributed by atoms with van der Waals surface area (Å²) in [6.45, 7) is 20.6. The molecule has 44 heavy (non-hydrogen) atoms. The first-order valence-electron chi connectivity index (χ1n) is 17.0. The minimum absolute atomic E-state index is 0.0155. The van der Waals surface area contributed by atoms with Crippen molar-refractivity contribution in [3.63, 3.8) is 0 Å². The Morgan fingerprint density at radius 1 is 0.977 bits per heavy atom. The number of fused-ring (bicyclic) bond motifs is 7. The van der Waals surface area contributed by atoms with E-state index in [4.69, 9.17) is 9.47 Å². The van der Waals surface area contributed by atoms with Gasteiger partial charge < -0.3 is 24.8 Å². The minimum atomic E-state index is -0.439. The molecule has 0 amide bonds. The summed E-state index contributed by atoms with van der Waals surface area (Å²) in [5, 5.41) is 33.8. The number of methoxy groups -OCH3 is 1. The second-order valence-corrected chi connectivity index (χ2v) is 17.2. The van der Waals surface area contributed by atoms with Gasteiger partial charge in [-0.15, -0.1) is 0 Å². The van der Waals surface area contributed by atoms with Crippen LogP contribution in [0.5, 0.6) is 11.5 Å². The standard InChI is InChI=1S/C38H56O6/c1-21(2)23-12-15-35(5)20-30(41)38(8)24(31(23)35)19-27(44-33(42)22-10-11-25(39)26(18-22)43-9)32-36(6)16-14-29(40)34(3,4)28(36)13-17-37(32,38)7/h10-11,18,23-24,27-32,39-41H,1,12-17,19-20H2,2-9H3/t23-,24+,27+,28-,29-,30-,31+,32+,35+,36-,37+,38-/m0/s1. The summed E-state index contributed by atoms with van der Waals surface area (Å²) in [5.41, 5.74) is 0.553. The summed E-state index contributed by atoms with van der Waals surface area (Å²) in [5.74, 6) is 1.06. The summed E-state index contributed by atoms with van der Waals surface area (Å²) in [4.78, 5) is 14.0. The molecule has 5 aliphatic rings. The average Bonchev–Trinajstić information content (AvgIpc) is 3.29. The summed E-state index contributed by atoms with van der Waals surface area (Å²) >= 11 is 0. The lowest BCUT2D eigenvalue weighted by Crippen LogP contribution is -2.73. The number of carbonyl (C=O) groups is 1. The number of rotatable bonds is 4. The summed E-state index contributed by atoms with van der Waals surface area (Å²) in [6, 6.07) is 4.65. The summed E-state index contributed by atoms with van der Waals surface area (Å²) < 4.78 is 12.0. The van der Waals surface area contributed by atoms with E-state index in [0.717, 1.165) is 44.9 Å². The van der Waals surface area contributed by atoms with E-state index in [1.807, 2.05) is 0 Å². The van der Waals surface area contributed by atoms with Gasteiger partial charge in [0.15, 0.2) is 11.5 Å². The number of benzene rings is 1. The van der Waals surface area contributed by atoms with E-state index >= 15 is 0 Å². The van der Waals surface area contributed by atoms with E-state index in [1.54, 1.807) is 12.1 Å². The predicted molar refractivity (Wildman–Crippen MR) is 171 cm³/mol. The minimum Gasteiger partial charge on any atom is -0.504 e. The third-order valence-electron chi connectivity index (χ3n) is 15.1. The lowest BCUT2D eigenvalue weighted by molar-refractivity contribution is -0.298. The van der Waals surface area contributed by atoms with Gasteiger partial charge in [-0.25, -0.2) is 4.79 Å². The molecular weight excluding hydrogens is 552 g/mol. The molecule has 0 saturated heterocycles. The van der Waals surface area contributed by atoms with Crippen molar-refractivity contribution in [2.24, 2.45) is 56.7 Å². The molecule has 0 spiro atoms. The second kappa shape index (κ2) is 10.2. The van der Waals surface area contributed by atoms with Crippen LogP contribution in [0, 0.1) is 56.7 Å². The zero-order chi connectivity index (χ0) is 32.2. The van der Waals surface area contributed by atoms with Crippen LogP contribution < -0.4 is 4.74 Å². The molecule has 6 heteroatoms. The van der Waals surface area contributed by atoms with E-state index in [1.165, 1.54) is 18.7 Å². The first kappa shape index (κ1) is 31.9. The molecule has 3 N–H and O–H groups in total. The Kier molecular flexibility index (Phi) is 7.42. The van der Waals surface area contributed by atoms with Crippen molar-refractivity contribution in [3.8, 4) is 11.5 Å². The maximum Gasteiger partial charge on any atom is 0.338 e. The number of aliphatic hydroxyl groups excluding tert-OH is 2. The van der Waals surface area contributed by atoms with Crippen LogP contribution in [-0.4, -0.2) is 46.7 Å². The maximum atomic E-state index is 14.0. The molecule has 1 aromatic carbocycles. The van der Waals surface area contributed by atoms with Gasteiger partial charge in [-0.3, -0.25) is 0 Å². The molecule has 12 atom stereocenters. The highest BCUT2D eigenvalue weighted by Crippen LogP contribution is 2.77. The highest BCUT2D eigenvalue weighted by Gasteiger charge is 2.75. The number of aliphatic hydroxyl groups is 2. The normalized spacial score (nSPS) is 47.4. The first-order chi connectivity index (χ1) is 20.5. The van der Waals surface area contributed by atoms with Crippen molar-refractivity contribution in [1.29, 1.82) is 0 Å². The topological polar surface area (TPSA) is 96.2 Å². The predicted octanol–water partition coefficient (Wildman–Crippen LogP) is 7.55. The molecule has 6 nitrogen and oxygen atoms in total. The smallest absolute Gasteiger partial charge is 0.338 e. The molecule has 6 rings (SSSR count). The number of esters is 1. The van der Waals surface area contributed by atoms with Gasteiger partial charge in [-0.1, -0.05) is 53.7 Å². The SMILES string of the molecule is C=C(C)[C@@H]1CC[C@]2(C)C[C@H](O)[C@]3(C)[C@H](C[C@@H](OC(=O)c4ccc(O)c(OC)c4)[C@@H]4[C@@]5(C)CC[C@H](O)C(C)(C)[C@@H]5CC[C@]43C)[C@@H]12. The number of aromatic hydroxyl groups is 1. The van der Waals surface area contributed by atoms with Gasteiger partial charge in [-0.05, 0) is 122 Å². The fourth-order valence-electron chi connectivity index (χ4n) is 12.8. The van der Waals surface area contributed by atoms with Gasteiger partial charge in [0.05, 0.1) is 24.9 Å². The van der Waals surface area contributed by atoms with Crippen LogP contribution in [0.4, 0.5) is 0 Å². The maximum absolute atomic E-state index is 14.0. The van der Waals surface area contributed by atoms with E-state index in [2.05, 4.69) is 55.0 Å². The number of allylic oxidation sites excluding steroid dienone is 1. The molecule has 5 aliphatic carbocycles. The number of phenolic OH excluding ortho intramolecular Hbond substituents is 1. The Balaban J connectivity index is 1.49. The van der Waals surface area contributed by atoms with Crippen LogP contribution in [-0.2, 0) is 4.74 Å². The highest BCUT2D eigenvalue weighted by molar-refractivity contribution is 5.90. The summed E-state index contributed by atoms with van der Waals surface area (Å²) in [6.07, 6.45) is 6.07. The van der Waals surface area contributed by atoms with Crippen LogP contribution >= 0.6 is 0 Å². The molecule has 244 valence electrons. The third kappa shape index (κ3) is 4.14. The highest BCUT2D eigenvalue weighted by atomic mass is 16.5. The molecule has 1 aromatic rings. The molecule has 5 saturated carbocycles. The number of carbonyl (C=O) groups excluding carboxylic acids is 1. The molecule has 0 radical (unpaired) electrons. The number of phenols is 1. The number of ether oxygens (including phenoxy) is 2. The van der Waals surface area contributed by atoms with Gasteiger partial charge >= 0.3 is 5.97 Å². The van der Waals surface area contributed by atoms with Gasteiger partial charge in [0.2, 0.25) is 0 Å². The Morgan fingerprint density at radius 3 is 2.34 bits per heavy atom. The molecule has 0 bridgehead atoms. The Bertz CT molecular complexity index is 1340. The van der Waals surface area contributed by atoms with Crippen molar-refractivity contribution >= 4 is 5.97 Å². The second-order valence-electron chi connectivity index (χ2n) is 17.2. The van der Waals surface area contributed by atoms with Crippen molar-refractivity contribution in [1.82, 2.24) is 0 Å². The molecule has 0 heterocycles. The lowest BCUT2D eigenvalue weighted by Gasteiger charge is -2.74. The average molecular weight is 609 g/mol. The van der Waals surface area contributed by atoms with Crippen molar-refractivity contribution in [2.75, 3.05) is 7.11 Å². The lowest BCUT2D eigenvalue weighted by atomic mass is 9.31. The summed E-state index contributed by atoms with van der Waals surface area (Å²) in [7, 11) is 1.48.